The van der Waals surface area contributed by atoms with Crippen LogP contribution in [0.5, 0.6) is 11.5 Å². The van der Waals surface area contributed by atoms with Gasteiger partial charge in [0, 0.05) is 17.8 Å². The van der Waals surface area contributed by atoms with E-state index in [9.17, 15) is 27.6 Å². The van der Waals surface area contributed by atoms with Gasteiger partial charge in [0.25, 0.3) is 5.91 Å². The molecule has 0 aliphatic heterocycles. The van der Waals surface area contributed by atoms with Crippen LogP contribution in [0.1, 0.15) is 65.9 Å². The molecule has 0 saturated heterocycles. The summed E-state index contributed by atoms with van der Waals surface area (Å²) in [6, 6.07) is 18.5. The van der Waals surface area contributed by atoms with E-state index in [4.69, 9.17) is 9.84 Å². The minimum Gasteiger partial charge on any atom is -0.481 e. The van der Waals surface area contributed by atoms with Crippen molar-refractivity contribution in [3.63, 3.8) is 0 Å². The molecule has 0 radical (unpaired) electrons. The van der Waals surface area contributed by atoms with Gasteiger partial charge >= 0.3 is 18.4 Å². The number of nitrogens with one attached hydrogen (secondary N) is 1. The second-order valence-electron chi connectivity index (χ2n) is 10.00. The average Bonchev–Trinajstić information content (AvgIpc) is 2.96. The SMILES string of the molecule is O=C(O)CCNC(=O)c1ccc(N(Cc2ccc(OC(F)(F)F)cc2)C(=O)Oc2ccc(C3CCCCC3)cc2)cc1. The molecule has 2 N–H and O–H groups in total. The van der Waals surface area contributed by atoms with Crippen LogP contribution in [0.4, 0.5) is 23.7 Å². The molecule has 1 fully saturated rings. The molecular formula is C31H31F3N2O6. The van der Waals surface area contributed by atoms with E-state index in [-0.39, 0.29) is 25.1 Å². The third kappa shape index (κ3) is 8.98. The fourth-order valence-electron chi connectivity index (χ4n) is 4.82. The Bertz CT molecular complexity index is 1350. The molecule has 0 heterocycles. The van der Waals surface area contributed by atoms with E-state index in [1.54, 1.807) is 12.1 Å². The van der Waals surface area contributed by atoms with Crippen LogP contribution >= 0.6 is 0 Å². The van der Waals surface area contributed by atoms with E-state index in [2.05, 4.69) is 10.1 Å². The van der Waals surface area contributed by atoms with Crippen LogP contribution in [0.25, 0.3) is 0 Å². The standard InChI is InChI=1S/C31H31F3N2O6/c32-31(33,34)42-27-14-6-21(7-15-27)20-36(25-12-8-24(9-13-25)29(39)35-19-18-28(37)38)30(40)41-26-16-10-23(11-17-26)22-4-2-1-3-5-22/h6-17,22H,1-5,18-20H2,(H,35,39)(H,37,38). The van der Waals surface area contributed by atoms with E-state index in [0.29, 0.717) is 22.9 Å². The van der Waals surface area contributed by atoms with E-state index < -0.39 is 30.1 Å². The number of carbonyl (C=O) groups is 3. The minimum atomic E-state index is -4.83. The third-order valence-electron chi connectivity index (χ3n) is 6.95. The number of rotatable bonds is 10. The van der Waals surface area contributed by atoms with Gasteiger partial charge in [-0.05, 0) is 78.4 Å². The zero-order valence-electron chi connectivity index (χ0n) is 22.7. The van der Waals surface area contributed by atoms with Crippen molar-refractivity contribution in [3.8, 4) is 11.5 Å². The zero-order chi connectivity index (χ0) is 30.1. The van der Waals surface area contributed by atoms with Crippen LogP contribution in [0.3, 0.4) is 0 Å². The normalized spacial score (nSPS) is 13.7. The largest absolute Gasteiger partial charge is 0.573 e. The predicted molar refractivity (Wildman–Crippen MR) is 149 cm³/mol. The Labute approximate surface area is 241 Å². The number of hydrogen-bond donors (Lipinski definition) is 2. The van der Waals surface area contributed by atoms with Gasteiger partial charge in [0.15, 0.2) is 0 Å². The molecule has 3 aromatic rings. The number of nitrogens with zero attached hydrogens (tertiary/aromatic N) is 1. The van der Waals surface area contributed by atoms with Gasteiger partial charge in [0.2, 0.25) is 0 Å². The van der Waals surface area contributed by atoms with Crippen molar-refractivity contribution in [1.82, 2.24) is 5.32 Å². The maximum absolute atomic E-state index is 13.4. The van der Waals surface area contributed by atoms with Crippen LogP contribution < -0.4 is 19.7 Å². The first-order valence-electron chi connectivity index (χ1n) is 13.6. The Kier molecular flexibility index (Phi) is 10.1. The van der Waals surface area contributed by atoms with Gasteiger partial charge < -0.3 is 19.9 Å². The molecule has 2 amide bonds. The summed E-state index contributed by atoms with van der Waals surface area (Å²) >= 11 is 0. The highest BCUT2D eigenvalue weighted by atomic mass is 19.4. The molecule has 11 heteroatoms. The molecule has 1 saturated carbocycles. The number of aliphatic carboxylic acids is 1. The molecule has 8 nitrogen and oxygen atoms in total. The molecule has 42 heavy (non-hydrogen) atoms. The highest BCUT2D eigenvalue weighted by molar-refractivity contribution is 5.95. The number of amides is 2. The lowest BCUT2D eigenvalue weighted by molar-refractivity contribution is -0.274. The highest BCUT2D eigenvalue weighted by Crippen LogP contribution is 2.33. The maximum atomic E-state index is 13.4. The smallest absolute Gasteiger partial charge is 0.481 e. The summed E-state index contributed by atoms with van der Waals surface area (Å²) in [6.07, 6.45) is 0.125. The third-order valence-corrected chi connectivity index (χ3v) is 6.95. The molecule has 0 atom stereocenters. The summed E-state index contributed by atoms with van der Waals surface area (Å²) in [5, 5.41) is 11.3. The van der Waals surface area contributed by atoms with Crippen molar-refractivity contribution in [2.75, 3.05) is 11.4 Å². The van der Waals surface area contributed by atoms with Gasteiger partial charge in [0.05, 0.1) is 13.0 Å². The van der Waals surface area contributed by atoms with Crippen molar-refractivity contribution < 1.29 is 42.1 Å². The Balaban J connectivity index is 1.51. The summed E-state index contributed by atoms with van der Waals surface area (Å²) in [4.78, 5) is 37.7. The quantitative estimate of drug-likeness (QED) is 0.265. The molecule has 0 bridgehead atoms. The fraction of sp³-hybridized carbons (Fsp3) is 0.323. The first-order valence-corrected chi connectivity index (χ1v) is 13.6. The molecule has 4 rings (SSSR count). The van der Waals surface area contributed by atoms with Crippen LogP contribution in [0, 0.1) is 0 Å². The number of alkyl halides is 3. The summed E-state index contributed by atoms with van der Waals surface area (Å²) in [5.41, 5.74) is 2.33. The number of carbonyl (C=O) groups excluding carboxylic acids is 2. The lowest BCUT2D eigenvalue weighted by Crippen LogP contribution is -2.33. The molecule has 222 valence electrons. The van der Waals surface area contributed by atoms with E-state index in [1.807, 2.05) is 12.1 Å². The second kappa shape index (κ2) is 13.9. The zero-order valence-corrected chi connectivity index (χ0v) is 22.7. The number of benzene rings is 3. The van der Waals surface area contributed by atoms with E-state index in [0.717, 1.165) is 25.0 Å². The predicted octanol–water partition coefficient (Wildman–Crippen LogP) is 7.04. The van der Waals surface area contributed by atoms with Gasteiger partial charge in [-0.2, -0.15) is 0 Å². The van der Waals surface area contributed by atoms with Gasteiger partial charge in [-0.25, -0.2) is 4.79 Å². The Morgan fingerprint density at radius 3 is 2.07 bits per heavy atom. The number of carboxylic acid groups (broad SMARTS) is 1. The summed E-state index contributed by atoms with van der Waals surface area (Å²) in [7, 11) is 0. The van der Waals surface area contributed by atoms with Crippen molar-refractivity contribution in [2.24, 2.45) is 0 Å². The van der Waals surface area contributed by atoms with Crippen molar-refractivity contribution in [1.29, 1.82) is 0 Å². The maximum Gasteiger partial charge on any atom is 0.573 e. The number of anilines is 1. The first-order chi connectivity index (χ1) is 20.1. The van der Waals surface area contributed by atoms with Crippen LogP contribution in [-0.4, -0.2) is 36.0 Å². The van der Waals surface area contributed by atoms with Crippen LogP contribution in [0.2, 0.25) is 0 Å². The van der Waals surface area contributed by atoms with Crippen LogP contribution in [-0.2, 0) is 11.3 Å². The number of halogens is 3. The van der Waals surface area contributed by atoms with Crippen molar-refractivity contribution in [2.45, 2.75) is 57.3 Å². The molecule has 1 aliphatic carbocycles. The lowest BCUT2D eigenvalue weighted by atomic mass is 9.84. The van der Waals surface area contributed by atoms with Gasteiger partial charge in [0.1, 0.15) is 11.5 Å². The Hall–Kier alpha value is -4.54. The second-order valence-corrected chi connectivity index (χ2v) is 10.00. The van der Waals surface area contributed by atoms with Crippen molar-refractivity contribution >= 4 is 23.7 Å². The van der Waals surface area contributed by atoms with E-state index >= 15 is 0 Å². The average molecular weight is 585 g/mol. The molecule has 0 aromatic heterocycles. The summed E-state index contributed by atoms with van der Waals surface area (Å²) in [5.74, 6) is -1.08. The minimum absolute atomic E-state index is 0.0397. The summed E-state index contributed by atoms with van der Waals surface area (Å²) in [6.45, 7) is -0.0859. The monoisotopic (exact) mass is 584 g/mol. The number of ether oxygens (including phenoxy) is 2. The highest BCUT2D eigenvalue weighted by Gasteiger charge is 2.31. The van der Waals surface area contributed by atoms with E-state index in [1.165, 1.54) is 66.1 Å². The molecular weight excluding hydrogens is 553 g/mol. The Morgan fingerprint density at radius 1 is 0.857 bits per heavy atom. The van der Waals surface area contributed by atoms with Gasteiger partial charge in [-0.3, -0.25) is 14.5 Å². The number of hydrogen-bond acceptors (Lipinski definition) is 5. The first kappa shape index (κ1) is 30.4. The van der Waals surface area contributed by atoms with Crippen molar-refractivity contribution in [3.05, 3.63) is 89.5 Å². The summed E-state index contributed by atoms with van der Waals surface area (Å²) < 4.78 is 47.3. The molecule has 0 unspecified atom stereocenters. The lowest BCUT2D eigenvalue weighted by Gasteiger charge is -2.24. The topological polar surface area (TPSA) is 105 Å². The number of carboxylic acids is 1. The molecule has 0 spiro atoms. The Morgan fingerprint density at radius 2 is 1.48 bits per heavy atom. The van der Waals surface area contributed by atoms with Gasteiger partial charge in [-0.15, -0.1) is 13.2 Å². The fourth-order valence-corrected chi connectivity index (χ4v) is 4.82. The van der Waals surface area contributed by atoms with Gasteiger partial charge in [-0.1, -0.05) is 43.5 Å². The van der Waals surface area contributed by atoms with Crippen LogP contribution in [0.15, 0.2) is 72.8 Å². The molecule has 1 aliphatic rings. The molecule has 3 aromatic carbocycles.